The van der Waals surface area contributed by atoms with Gasteiger partial charge in [0.2, 0.25) is 11.8 Å². The quantitative estimate of drug-likeness (QED) is 0.738. The van der Waals surface area contributed by atoms with Crippen LogP contribution in [0.2, 0.25) is 0 Å². The summed E-state index contributed by atoms with van der Waals surface area (Å²) in [6.45, 7) is 10.2. The van der Waals surface area contributed by atoms with Crippen molar-refractivity contribution in [1.29, 1.82) is 0 Å². The zero-order chi connectivity index (χ0) is 14.3. The molecule has 0 rings (SSSR count). The molecule has 0 radical (unpaired) electrons. The summed E-state index contributed by atoms with van der Waals surface area (Å²) in [4.78, 5) is 24.8. The van der Waals surface area contributed by atoms with E-state index < -0.39 is 0 Å². The zero-order valence-electron chi connectivity index (χ0n) is 12.5. The summed E-state index contributed by atoms with van der Waals surface area (Å²) in [7, 11) is 1.64. The van der Waals surface area contributed by atoms with Gasteiger partial charge in [-0.1, -0.05) is 6.92 Å². The summed E-state index contributed by atoms with van der Waals surface area (Å²) in [5.41, 5.74) is -0.268. The van der Waals surface area contributed by atoms with Gasteiger partial charge in [0.05, 0.1) is 13.1 Å². The summed E-state index contributed by atoms with van der Waals surface area (Å²) in [5, 5.41) is 5.94. The second-order valence-corrected chi connectivity index (χ2v) is 5.74. The lowest BCUT2D eigenvalue weighted by Gasteiger charge is -2.23. The summed E-state index contributed by atoms with van der Waals surface area (Å²) in [6, 6.07) is 0.311. The molecule has 0 aromatic carbocycles. The number of amides is 2. The molecule has 18 heavy (non-hydrogen) atoms. The van der Waals surface area contributed by atoms with Crippen molar-refractivity contribution in [3.63, 3.8) is 0 Å². The molecule has 2 amide bonds. The van der Waals surface area contributed by atoms with Crippen LogP contribution in [0.3, 0.4) is 0 Å². The van der Waals surface area contributed by atoms with E-state index in [2.05, 4.69) is 17.6 Å². The molecule has 0 aromatic rings. The van der Waals surface area contributed by atoms with Crippen LogP contribution in [0, 0.1) is 0 Å². The average Bonchev–Trinajstić information content (AvgIpc) is 2.22. The molecular weight excluding hydrogens is 230 g/mol. The molecule has 0 spiro atoms. The van der Waals surface area contributed by atoms with Gasteiger partial charge in [0.15, 0.2) is 0 Å². The molecule has 0 saturated heterocycles. The van der Waals surface area contributed by atoms with Crippen LogP contribution >= 0.6 is 0 Å². The van der Waals surface area contributed by atoms with Crippen molar-refractivity contribution in [1.82, 2.24) is 15.5 Å². The van der Waals surface area contributed by atoms with E-state index in [9.17, 15) is 9.59 Å². The highest BCUT2D eigenvalue weighted by Gasteiger charge is 2.17. The molecule has 1 unspecified atom stereocenters. The first-order valence-corrected chi connectivity index (χ1v) is 6.44. The van der Waals surface area contributed by atoms with E-state index in [-0.39, 0.29) is 30.4 Å². The van der Waals surface area contributed by atoms with Gasteiger partial charge >= 0.3 is 0 Å². The van der Waals surface area contributed by atoms with Crippen molar-refractivity contribution in [2.75, 3.05) is 20.1 Å². The van der Waals surface area contributed by atoms with Gasteiger partial charge in [0.1, 0.15) is 0 Å². The third-order valence-electron chi connectivity index (χ3n) is 2.54. The van der Waals surface area contributed by atoms with Crippen LogP contribution < -0.4 is 10.6 Å². The molecular formula is C13H27N3O2. The van der Waals surface area contributed by atoms with Gasteiger partial charge in [-0.2, -0.15) is 0 Å². The van der Waals surface area contributed by atoms with Crippen molar-refractivity contribution < 1.29 is 9.59 Å². The molecule has 0 saturated carbocycles. The fraction of sp³-hybridized carbons (Fsp3) is 0.846. The molecule has 0 aliphatic carbocycles. The first-order chi connectivity index (χ1) is 8.15. The Kier molecular flexibility index (Phi) is 6.91. The fourth-order valence-corrected chi connectivity index (χ4v) is 1.30. The maximum absolute atomic E-state index is 11.7. The summed E-state index contributed by atoms with van der Waals surface area (Å²) in [5.74, 6) is -0.207. The molecule has 5 heteroatoms. The number of nitrogens with zero attached hydrogens (tertiary/aromatic N) is 1. The number of likely N-dealkylation sites (N-methyl/N-ethyl adjacent to an activating group) is 1. The van der Waals surface area contributed by atoms with E-state index >= 15 is 0 Å². The van der Waals surface area contributed by atoms with Gasteiger partial charge < -0.3 is 15.5 Å². The van der Waals surface area contributed by atoms with Crippen LogP contribution in [0.5, 0.6) is 0 Å². The van der Waals surface area contributed by atoms with Gasteiger partial charge in [0.25, 0.3) is 0 Å². The molecule has 2 N–H and O–H groups in total. The highest BCUT2D eigenvalue weighted by molar-refractivity contribution is 5.85. The predicted octanol–water partition coefficient (Wildman–Crippen LogP) is 0.748. The minimum absolute atomic E-state index is 0.0700. The van der Waals surface area contributed by atoms with E-state index in [1.54, 1.807) is 7.05 Å². The summed E-state index contributed by atoms with van der Waals surface area (Å²) >= 11 is 0. The molecule has 5 nitrogen and oxygen atoms in total. The smallest absolute Gasteiger partial charge is 0.240 e. The Bertz CT molecular complexity index is 284. The molecule has 0 aliphatic heterocycles. The molecule has 1 atom stereocenters. The predicted molar refractivity (Wildman–Crippen MR) is 73.3 cm³/mol. The molecule has 0 fully saturated rings. The average molecular weight is 257 g/mol. The van der Waals surface area contributed by atoms with E-state index in [0.29, 0.717) is 6.04 Å². The topological polar surface area (TPSA) is 61.4 Å². The first-order valence-electron chi connectivity index (χ1n) is 6.44. The molecule has 0 bridgehead atoms. The van der Waals surface area contributed by atoms with Crippen LogP contribution in [0.25, 0.3) is 0 Å². The zero-order valence-corrected chi connectivity index (χ0v) is 12.5. The second kappa shape index (κ2) is 7.36. The van der Waals surface area contributed by atoms with Crippen LogP contribution in [0.15, 0.2) is 0 Å². The van der Waals surface area contributed by atoms with E-state index in [0.717, 1.165) is 6.42 Å². The van der Waals surface area contributed by atoms with Gasteiger partial charge in [0, 0.05) is 18.6 Å². The van der Waals surface area contributed by atoms with Crippen molar-refractivity contribution in [3.8, 4) is 0 Å². The van der Waals surface area contributed by atoms with Gasteiger partial charge in [-0.15, -0.1) is 0 Å². The van der Waals surface area contributed by atoms with Crippen molar-refractivity contribution in [3.05, 3.63) is 0 Å². The van der Waals surface area contributed by atoms with Gasteiger partial charge in [-0.05, 0) is 34.1 Å². The monoisotopic (exact) mass is 257 g/mol. The number of rotatable bonds is 6. The van der Waals surface area contributed by atoms with Crippen molar-refractivity contribution in [2.45, 2.75) is 52.6 Å². The fourth-order valence-electron chi connectivity index (χ4n) is 1.30. The largest absolute Gasteiger partial charge is 0.350 e. The number of carbonyl (C=O) groups excluding carboxylic acids is 2. The van der Waals surface area contributed by atoms with E-state index in [1.807, 2.05) is 27.7 Å². The third-order valence-corrected chi connectivity index (χ3v) is 2.54. The Hall–Kier alpha value is -1.10. The standard InChI is InChI=1S/C13H27N3O2/c1-7-10(2)14-8-12(18)16(6)9-11(17)15-13(3,4)5/h10,14H,7-9H2,1-6H3,(H,15,17). The molecule has 0 aromatic heterocycles. The minimum atomic E-state index is -0.268. The Labute approximate surface area is 110 Å². The Morgan fingerprint density at radius 3 is 2.28 bits per heavy atom. The third kappa shape index (κ3) is 8.06. The van der Waals surface area contributed by atoms with Gasteiger partial charge in [-0.25, -0.2) is 0 Å². The number of carbonyl (C=O) groups is 2. The normalized spacial score (nSPS) is 13.0. The van der Waals surface area contributed by atoms with Crippen molar-refractivity contribution >= 4 is 11.8 Å². The maximum atomic E-state index is 11.7. The van der Waals surface area contributed by atoms with Gasteiger partial charge in [-0.3, -0.25) is 9.59 Å². The second-order valence-electron chi connectivity index (χ2n) is 5.74. The van der Waals surface area contributed by atoms with Crippen LogP contribution in [-0.4, -0.2) is 48.4 Å². The molecule has 0 aliphatic rings. The summed E-state index contributed by atoms with van der Waals surface area (Å²) in [6.07, 6.45) is 0.974. The summed E-state index contributed by atoms with van der Waals surface area (Å²) < 4.78 is 0. The lowest BCUT2D eigenvalue weighted by molar-refractivity contribution is -0.134. The first kappa shape index (κ1) is 16.9. The Balaban J connectivity index is 4.04. The molecule has 106 valence electrons. The van der Waals surface area contributed by atoms with E-state index in [4.69, 9.17) is 0 Å². The Morgan fingerprint density at radius 2 is 1.83 bits per heavy atom. The highest BCUT2D eigenvalue weighted by atomic mass is 16.2. The number of hydrogen-bond donors (Lipinski definition) is 2. The van der Waals surface area contributed by atoms with Crippen LogP contribution in [0.4, 0.5) is 0 Å². The van der Waals surface area contributed by atoms with Crippen LogP contribution in [-0.2, 0) is 9.59 Å². The molecule has 0 heterocycles. The lowest BCUT2D eigenvalue weighted by atomic mass is 10.1. The van der Waals surface area contributed by atoms with E-state index in [1.165, 1.54) is 4.90 Å². The van der Waals surface area contributed by atoms with Crippen molar-refractivity contribution in [2.24, 2.45) is 0 Å². The lowest BCUT2D eigenvalue weighted by Crippen LogP contribution is -2.48. The maximum Gasteiger partial charge on any atom is 0.240 e. The number of hydrogen-bond acceptors (Lipinski definition) is 3. The Morgan fingerprint density at radius 1 is 1.28 bits per heavy atom. The minimum Gasteiger partial charge on any atom is -0.350 e. The van der Waals surface area contributed by atoms with Crippen LogP contribution in [0.1, 0.15) is 41.0 Å². The SMILES string of the molecule is CCC(C)NCC(=O)N(C)CC(=O)NC(C)(C)C. The highest BCUT2D eigenvalue weighted by Crippen LogP contribution is 1.98. The number of nitrogens with one attached hydrogen (secondary N) is 2.